The van der Waals surface area contributed by atoms with Crippen LogP contribution in [0, 0.1) is 0 Å². The van der Waals surface area contributed by atoms with Crippen LogP contribution in [0.15, 0.2) is 43.0 Å². The van der Waals surface area contributed by atoms with Crippen LogP contribution in [0.3, 0.4) is 0 Å². The molecule has 0 unspecified atom stereocenters. The van der Waals surface area contributed by atoms with Crippen molar-refractivity contribution in [2.24, 2.45) is 5.73 Å². The number of nitrogens with two attached hydrogens (primary N) is 2. The number of aromatic nitrogens is 3. The van der Waals surface area contributed by atoms with Gasteiger partial charge in [0.25, 0.3) is 0 Å². The third kappa shape index (κ3) is 4.05. The molecule has 0 saturated carbocycles. The van der Waals surface area contributed by atoms with Crippen molar-refractivity contribution < 1.29 is 9.47 Å². The molecule has 3 aromatic rings. The molecule has 0 spiro atoms. The first-order chi connectivity index (χ1) is 14.6. The number of ether oxygens (including phenoxy) is 2. The zero-order chi connectivity index (χ0) is 21.1. The molecule has 0 fully saturated rings. The standard InChI is InChI=1S/C21H23ClN6O2/c1-29-21-25-10-14(11-26-21)12-27-6-7-30-20-15(13-27)8-16(9-17(20)22)28-5-3-18(24)19(28)2-4-23/h2-5,8-11H,6-7,12-13,23-24H2,1H3/b4-2-. The number of nitrogens with zero attached hydrogens (tertiary/aromatic N) is 4. The molecule has 0 amide bonds. The maximum Gasteiger partial charge on any atom is 0.316 e. The second-order valence-corrected chi connectivity index (χ2v) is 7.35. The lowest BCUT2D eigenvalue weighted by atomic mass is 10.1. The quantitative estimate of drug-likeness (QED) is 0.646. The van der Waals surface area contributed by atoms with Gasteiger partial charge in [-0.05, 0) is 30.5 Å². The van der Waals surface area contributed by atoms with E-state index in [0.29, 0.717) is 42.2 Å². The van der Waals surface area contributed by atoms with Gasteiger partial charge in [-0.3, -0.25) is 4.90 Å². The molecule has 3 heterocycles. The van der Waals surface area contributed by atoms with E-state index < -0.39 is 0 Å². The summed E-state index contributed by atoms with van der Waals surface area (Å²) in [6, 6.07) is 6.13. The van der Waals surface area contributed by atoms with Gasteiger partial charge in [0.15, 0.2) is 0 Å². The Balaban J connectivity index is 1.64. The van der Waals surface area contributed by atoms with Crippen molar-refractivity contribution >= 4 is 23.4 Å². The third-order valence-electron chi connectivity index (χ3n) is 4.91. The van der Waals surface area contributed by atoms with E-state index in [2.05, 4.69) is 20.9 Å². The van der Waals surface area contributed by atoms with Crippen molar-refractivity contribution in [3.8, 4) is 17.4 Å². The summed E-state index contributed by atoms with van der Waals surface area (Å²) in [5.41, 5.74) is 16.0. The minimum absolute atomic E-state index is 0.355. The Morgan fingerprint density at radius 1 is 1.30 bits per heavy atom. The predicted molar refractivity (Wildman–Crippen MR) is 117 cm³/mol. The lowest BCUT2D eigenvalue weighted by molar-refractivity contribution is 0.219. The zero-order valence-corrected chi connectivity index (χ0v) is 17.3. The lowest BCUT2D eigenvalue weighted by Crippen LogP contribution is -2.25. The molecule has 0 saturated heterocycles. The van der Waals surface area contributed by atoms with Crippen molar-refractivity contribution in [2.75, 3.05) is 26.0 Å². The molecule has 156 valence electrons. The normalized spacial score (nSPS) is 14.3. The summed E-state index contributed by atoms with van der Waals surface area (Å²) in [6.45, 7) is 2.66. The highest BCUT2D eigenvalue weighted by Gasteiger charge is 2.20. The van der Waals surface area contributed by atoms with Crippen molar-refractivity contribution in [3.05, 3.63) is 64.8 Å². The number of anilines is 1. The Kier molecular flexibility index (Phi) is 5.78. The second kappa shape index (κ2) is 8.64. The Morgan fingerprint density at radius 3 is 2.83 bits per heavy atom. The van der Waals surface area contributed by atoms with Gasteiger partial charge in [0.05, 0.1) is 23.5 Å². The van der Waals surface area contributed by atoms with Gasteiger partial charge in [0, 0.05) is 55.0 Å². The van der Waals surface area contributed by atoms with E-state index in [1.165, 1.54) is 6.20 Å². The van der Waals surface area contributed by atoms with Gasteiger partial charge in [-0.1, -0.05) is 11.6 Å². The number of fused-ring (bicyclic) bond motifs is 1. The molecule has 0 bridgehead atoms. The average Bonchev–Trinajstić information content (AvgIpc) is 2.98. The van der Waals surface area contributed by atoms with Crippen molar-refractivity contribution in [2.45, 2.75) is 13.1 Å². The van der Waals surface area contributed by atoms with Crippen LogP contribution in [-0.4, -0.2) is 39.7 Å². The number of hydrogen-bond donors (Lipinski definition) is 2. The molecule has 0 aliphatic carbocycles. The lowest BCUT2D eigenvalue weighted by Gasteiger charge is -2.19. The minimum atomic E-state index is 0.355. The van der Waals surface area contributed by atoms with Crippen molar-refractivity contribution in [1.29, 1.82) is 0 Å². The van der Waals surface area contributed by atoms with Crippen LogP contribution in [0.25, 0.3) is 11.8 Å². The molecule has 8 nitrogen and oxygen atoms in total. The van der Waals surface area contributed by atoms with Gasteiger partial charge in [-0.15, -0.1) is 0 Å². The first-order valence-corrected chi connectivity index (χ1v) is 9.85. The maximum atomic E-state index is 6.58. The van der Waals surface area contributed by atoms with Crippen LogP contribution in [0.1, 0.15) is 16.8 Å². The number of benzene rings is 1. The Bertz CT molecular complexity index is 1060. The predicted octanol–water partition coefficient (Wildman–Crippen LogP) is 2.84. The molecule has 1 aliphatic heterocycles. The van der Waals surface area contributed by atoms with E-state index in [0.717, 1.165) is 29.1 Å². The smallest absolute Gasteiger partial charge is 0.316 e. The summed E-state index contributed by atoms with van der Waals surface area (Å²) in [7, 11) is 1.55. The minimum Gasteiger partial charge on any atom is -0.490 e. The van der Waals surface area contributed by atoms with E-state index in [1.807, 2.05) is 22.9 Å². The summed E-state index contributed by atoms with van der Waals surface area (Å²) in [5.74, 6) is 0.713. The van der Waals surface area contributed by atoms with Crippen LogP contribution in [0.2, 0.25) is 5.02 Å². The highest BCUT2D eigenvalue weighted by molar-refractivity contribution is 6.32. The molecule has 0 radical (unpaired) electrons. The summed E-state index contributed by atoms with van der Waals surface area (Å²) in [5, 5.41) is 0.562. The summed E-state index contributed by atoms with van der Waals surface area (Å²) >= 11 is 6.58. The maximum absolute atomic E-state index is 6.58. The van der Waals surface area contributed by atoms with E-state index in [-0.39, 0.29) is 0 Å². The van der Waals surface area contributed by atoms with Gasteiger partial charge in [-0.25, -0.2) is 9.97 Å². The van der Waals surface area contributed by atoms with Gasteiger partial charge in [0.2, 0.25) is 0 Å². The molecular weight excluding hydrogens is 404 g/mol. The van der Waals surface area contributed by atoms with Crippen molar-refractivity contribution in [1.82, 2.24) is 19.4 Å². The summed E-state index contributed by atoms with van der Waals surface area (Å²) in [4.78, 5) is 10.6. The van der Waals surface area contributed by atoms with Gasteiger partial charge < -0.3 is 25.5 Å². The van der Waals surface area contributed by atoms with Gasteiger partial charge in [-0.2, -0.15) is 0 Å². The Hall–Kier alpha value is -3.23. The molecule has 1 aliphatic rings. The van der Waals surface area contributed by atoms with Crippen LogP contribution < -0.4 is 20.9 Å². The first kappa shape index (κ1) is 20.1. The van der Waals surface area contributed by atoms with E-state index in [9.17, 15) is 0 Å². The van der Waals surface area contributed by atoms with Crippen LogP contribution in [-0.2, 0) is 13.1 Å². The summed E-state index contributed by atoms with van der Waals surface area (Å²) in [6.07, 6.45) is 8.68. The average molecular weight is 427 g/mol. The van der Waals surface area contributed by atoms with Crippen LogP contribution in [0.4, 0.5) is 5.69 Å². The molecule has 0 atom stereocenters. The second-order valence-electron chi connectivity index (χ2n) is 6.94. The van der Waals surface area contributed by atoms with E-state index >= 15 is 0 Å². The molecule has 2 aromatic heterocycles. The molecule has 1 aromatic carbocycles. The topological polar surface area (TPSA) is 104 Å². The number of halogens is 1. The fourth-order valence-electron chi connectivity index (χ4n) is 3.53. The van der Waals surface area contributed by atoms with Gasteiger partial charge in [0.1, 0.15) is 12.4 Å². The van der Waals surface area contributed by atoms with Crippen LogP contribution in [0.5, 0.6) is 11.8 Å². The number of methoxy groups -OCH3 is 1. The fourth-order valence-corrected chi connectivity index (χ4v) is 3.81. The molecular formula is C21H23ClN6O2. The zero-order valence-electron chi connectivity index (χ0n) is 16.6. The number of nitrogen functional groups attached to an aromatic ring is 1. The number of hydrogen-bond acceptors (Lipinski definition) is 7. The van der Waals surface area contributed by atoms with E-state index in [1.54, 1.807) is 25.6 Å². The monoisotopic (exact) mass is 426 g/mol. The van der Waals surface area contributed by atoms with Crippen molar-refractivity contribution in [3.63, 3.8) is 0 Å². The fraction of sp³-hybridized carbons (Fsp3) is 0.238. The molecule has 4 rings (SSSR count). The van der Waals surface area contributed by atoms with Crippen LogP contribution >= 0.6 is 11.6 Å². The Labute approximate surface area is 179 Å². The Morgan fingerprint density at radius 2 is 2.10 bits per heavy atom. The highest BCUT2D eigenvalue weighted by Crippen LogP contribution is 2.35. The van der Waals surface area contributed by atoms with E-state index in [4.69, 9.17) is 32.5 Å². The molecule has 4 N–H and O–H groups in total. The summed E-state index contributed by atoms with van der Waals surface area (Å²) < 4.78 is 12.9. The number of rotatable bonds is 5. The first-order valence-electron chi connectivity index (χ1n) is 9.47. The largest absolute Gasteiger partial charge is 0.490 e. The SMILES string of the molecule is COc1ncc(CN2CCOc3c(Cl)cc(-n4ccc(N)c4/C=C\N)cc3C2)cn1. The third-order valence-corrected chi connectivity index (χ3v) is 5.20. The van der Waals surface area contributed by atoms with Gasteiger partial charge >= 0.3 is 6.01 Å². The molecule has 30 heavy (non-hydrogen) atoms. The highest BCUT2D eigenvalue weighted by atomic mass is 35.5. The molecule has 9 heteroatoms.